The fraction of sp³-hybridized carbons (Fsp3) is 0.727. The first kappa shape index (κ1) is 15.3. The molecule has 0 spiro atoms. The zero-order chi connectivity index (χ0) is 12.4. The van der Waals surface area contributed by atoms with E-state index in [-0.39, 0.29) is 5.91 Å². The van der Waals surface area contributed by atoms with Gasteiger partial charge in [0.25, 0.3) is 0 Å². The Morgan fingerprint density at radius 3 is 2.38 bits per heavy atom. The summed E-state index contributed by atoms with van der Waals surface area (Å²) in [5.41, 5.74) is 0.561. The highest BCUT2D eigenvalue weighted by Gasteiger charge is 2.08. The minimum absolute atomic E-state index is 0.0546. The average molecular weight is 245 g/mol. The lowest BCUT2D eigenvalue weighted by Gasteiger charge is -2.10. The van der Waals surface area contributed by atoms with Gasteiger partial charge < -0.3 is 14.2 Å². The van der Waals surface area contributed by atoms with Gasteiger partial charge in [-0.15, -0.1) is 0 Å². The second kappa shape index (κ2) is 9.56. The molecule has 0 radical (unpaired) electrons. The summed E-state index contributed by atoms with van der Waals surface area (Å²) < 4.78 is 10.4. The van der Waals surface area contributed by atoms with Crippen LogP contribution in [0.25, 0.3) is 0 Å². The molecule has 4 nitrogen and oxygen atoms in total. The quantitative estimate of drug-likeness (QED) is 0.379. The van der Waals surface area contributed by atoms with Gasteiger partial charge in [-0.1, -0.05) is 19.4 Å². The van der Waals surface area contributed by atoms with Crippen molar-refractivity contribution in [3.05, 3.63) is 12.2 Å². The number of rotatable bonds is 9. The molecule has 0 saturated carbocycles. The van der Waals surface area contributed by atoms with E-state index in [0.29, 0.717) is 5.57 Å². The summed E-state index contributed by atoms with van der Waals surface area (Å²) in [5.74, 6) is -0.0546. The minimum Gasteiger partial charge on any atom is -0.400 e. The van der Waals surface area contributed by atoms with Crippen molar-refractivity contribution >= 4 is 15.2 Å². The molecular weight excluding hydrogens is 222 g/mol. The Kier molecular flexibility index (Phi) is 9.17. The van der Waals surface area contributed by atoms with Crippen LogP contribution in [0, 0.1) is 0 Å². The number of carbonyl (C=O) groups excluding carboxylic acids is 1. The molecule has 0 aromatic rings. The van der Waals surface area contributed by atoms with Gasteiger partial charge in [0.05, 0.1) is 0 Å². The molecule has 94 valence electrons. The van der Waals surface area contributed by atoms with Crippen LogP contribution in [0.5, 0.6) is 0 Å². The molecule has 0 rings (SSSR count). The third-order valence-corrected chi connectivity index (χ3v) is 4.25. The number of nitrogens with one attached hydrogen (secondary N) is 1. The largest absolute Gasteiger partial charge is 0.400 e. The van der Waals surface area contributed by atoms with Crippen molar-refractivity contribution in [3.63, 3.8) is 0 Å². The van der Waals surface area contributed by atoms with E-state index in [2.05, 4.69) is 11.9 Å². The van der Waals surface area contributed by atoms with E-state index in [1.165, 1.54) is 0 Å². The number of unbranched alkanes of at least 4 members (excludes halogenated alkanes) is 2. The number of hydrogen-bond donors (Lipinski definition) is 1. The van der Waals surface area contributed by atoms with Gasteiger partial charge in [0.15, 0.2) is 0 Å². The highest BCUT2D eigenvalue weighted by atomic mass is 28.3. The Bertz CT molecular complexity index is 217. The molecule has 16 heavy (non-hydrogen) atoms. The predicted octanol–water partition coefficient (Wildman–Crippen LogP) is 1.36. The van der Waals surface area contributed by atoms with Crippen LogP contribution >= 0.6 is 0 Å². The summed E-state index contributed by atoms with van der Waals surface area (Å²) in [6, 6.07) is 1.03. The highest BCUT2D eigenvalue weighted by molar-refractivity contribution is 6.44. The van der Waals surface area contributed by atoms with E-state index in [9.17, 15) is 4.79 Å². The van der Waals surface area contributed by atoms with Crippen molar-refractivity contribution in [1.29, 1.82) is 0 Å². The molecule has 0 unspecified atom stereocenters. The summed E-state index contributed by atoms with van der Waals surface area (Å²) >= 11 is 0. The summed E-state index contributed by atoms with van der Waals surface area (Å²) in [5, 5.41) is 2.81. The van der Waals surface area contributed by atoms with Crippen LogP contribution in [0.2, 0.25) is 6.04 Å². The molecule has 1 amide bonds. The van der Waals surface area contributed by atoms with Gasteiger partial charge in [0, 0.05) is 26.3 Å². The summed E-state index contributed by atoms with van der Waals surface area (Å²) in [6.45, 7) is 6.01. The molecule has 0 fully saturated rings. The topological polar surface area (TPSA) is 47.6 Å². The van der Waals surface area contributed by atoms with E-state index in [4.69, 9.17) is 8.85 Å². The zero-order valence-corrected chi connectivity index (χ0v) is 11.7. The smallest absolute Gasteiger partial charge is 0.320 e. The Hall–Kier alpha value is -0.653. The molecule has 0 aromatic heterocycles. The third-order valence-electron chi connectivity index (χ3n) is 2.32. The van der Waals surface area contributed by atoms with Crippen LogP contribution in [-0.2, 0) is 13.6 Å². The van der Waals surface area contributed by atoms with Crippen LogP contribution in [0.3, 0.4) is 0 Å². The molecule has 0 saturated heterocycles. The van der Waals surface area contributed by atoms with Crippen LogP contribution in [0.4, 0.5) is 0 Å². The van der Waals surface area contributed by atoms with Gasteiger partial charge in [-0.05, 0) is 19.4 Å². The number of hydrogen-bond acceptors (Lipinski definition) is 3. The Morgan fingerprint density at radius 1 is 1.25 bits per heavy atom. The first-order chi connectivity index (χ1) is 7.61. The van der Waals surface area contributed by atoms with Crippen LogP contribution < -0.4 is 5.32 Å². The van der Waals surface area contributed by atoms with E-state index in [0.717, 1.165) is 31.9 Å². The standard InChI is InChI=1S/C11H23NO3Si/c1-10(2)11(13)12-8-6-5-7-9-16(14-3)15-4/h16H,1,5-9H2,2-4H3,(H,12,13). The van der Waals surface area contributed by atoms with Gasteiger partial charge in [-0.2, -0.15) is 0 Å². The van der Waals surface area contributed by atoms with Crippen LogP contribution in [0.15, 0.2) is 12.2 Å². The van der Waals surface area contributed by atoms with Crippen molar-refractivity contribution in [2.75, 3.05) is 20.8 Å². The predicted molar refractivity (Wildman–Crippen MR) is 67.6 cm³/mol. The molecule has 5 heteroatoms. The molecular formula is C11H23NO3Si. The minimum atomic E-state index is -1.38. The van der Waals surface area contributed by atoms with E-state index in [1.807, 2.05) is 0 Å². The first-order valence-electron chi connectivity index (χ1n) is 5.61. The molecule has 0 aliphatic heterocycles. The molecule has 0 aliphatic rings. The molecule has 0 heterocycles. The average Bonchev–Trinajstić information content (AvgIpc) is 2.27. The number of amides is 1. The maximum Gasteiger partial charge on any atom is 0.320 e. The Labute approximate surface area is 99.9 Å². The normalized spacial score (nSPS) is 10.5. The van der Waals surface area contributed by atoms with Gasteiger partial charge in [-0.25, -0.2) is 0 Å². The molecule has 0 aliphatic carbocycles. The maximum absolute atomic E-state index is 11.1. The fourth-order valence-corrected chi connectivity index (χ4v) is 2.58. The summed E-state index contributed by atoms with van der Waals surface area (Å²) in [4.78, 5) is 11.1. The van der Waals surface area contributed by atoms with Gasteiger partial charge >= 0.3 is 9.28 Å². The lowest BCUT2D eigenvalue weighted by atomic mass is 10.2. The van der Waals surface area contributed by atoms with Crippen molar-refractivity contribution in [1.82, 2.24) is 5.32 Å². The summed E-state index contributed by atoms with van der Waals surface area (Å²) in [7, 11) is 2.02. The Morgan fingerprint density at radius 2 is 1.88 bits per heavy atom. The van der Waals surface area contributed by atoms with Gasteiger partial charge in [0.1, 0.15) is 0 Å². The van der Waals surface area contributed by atoms with Crippen LogP contribution in [0.1, 0.15) is 26.2 Å². The monoisotopic (exact) mass is 245 g/mol. The van der Waals surface area contributed by atoms with Gasteiger partial charge in [-0.3, -0.25) is 4.79 Å². The van der Waals surface area contributed by atoms with Gasteiger partial charge in [0.2, 0.25) is 5.91 Å². The molecule has 0 bridgehead atoms. The fourth-order valence-electron chi connectivity index (χ4n) is 1.30. The van der Waals surface area contributed by atoms with E-state index < -0.39 is 9.28 Å². The lowest BCUT2D eigenvalue weighted by Crippen LogP contribution is -2.24. The van der Waals surface area contributed by atoms with Crippen molar-refractivity contribution < 1.29 is 13.6 Å². The van der Waals surface area contributed by atoms with E-state index >= 15 is 0 Å². The van der Waals surface area contributed by atoms with Crippen LogP contribution in [-0.4, -0.2) is 36.0 Å². The highest BCUT2D eigenvalue weighted by Crippen LogP contribution is 2.04. The molecule has 0 aromatic carbocycles. The number of carbonyl (C=O) groups is 1. The molecule has 1 N–H and O–H groups in total. The third kappa shape index (κ3) is 7.61. The first-order valence-corrected chi connectivity index (χ1v) is 7.37. The lowest BCUT2D eigenvalue weighted by molar-refractivity contribution is -0.117. The van der Waals surface area contributed by atoms with E-state index in [1.54, 1.807) is 21.1 Å². The van der Waals surface area contributed by atoms with Crippen molar-refractivity contribution in [3.8, 4) is 0 Å². The second-order valence-electron chi connectivity index (χ2n) is 3.79. The Balaban J connectivity index is 3.34. The summed E-state index contributed by atoms with van der Waals surface area (Å²) in [6.07, 6.45) is 3.18. The molecule has 0 atom stereocenters. The van der Waals surface area contributed by atoms with Crippen molar-refractivity contribution in [2.45, 2.75) is 32.2 Å². The zero-order valence-electron chi connectivity index (χ0n) is 10.5. The SMILES string of the molecule is C=C(C)C(=O)NCCCCC[SiH](OC)OC. The maximum atomic E-state index is 11.1. The second-order valence-corrected chi connectivity index (χ2v) is 6.17. The van der Waals surface area contributed by atoms with Crippen molar-refractivity contribution in [2.24, 2.45) is 0 Å².